The highest BCUT2D eigenvalue weighted by atomic mass is 79.9. The van der Waals surface area contributed by atoms with E-state index >= 15 is 0 Å². The number of phenols is 1. The van der Waals surface area contributed by atoms with Crippen molar-refractivity contribution in [3.05, 3.63) is 63.1 Å². The predicted molar refractivity (Wildman–Crippen MR) is 127 cm³/mol. The van der Waals surface area contributed by atoms with Crippen LogP contribution in [-0.2, 0) is 10.8 Å². The molecule has 0 spiro atoms. The van der Waals surface area contributed by atoms with E-state index in [1.165, 1.54) is 30.4 Å². The summed E-state index contributed by atoms with van der Waals surface area (Å²) in [6.45, 7) is 15.4. The molecular weight excluding hydrogens is 422 g/mol. The van der Waals surface area contributed by atoms with Crippen LogP contribution in [0.25, 0.3) is 0 Å². The summed E-state index contributed by atoms with van der Waals surface area (Å²) in [6, 6.07) is 13.3. The second kappa shape index (κ2) is 8.43. The largest absolute Gasteiger partial charge is 0.507 e. The highest BCUT2D eigenvalue weighted by Crippen LogP contribution is 2.44. The number of hydrogen-bond acceptors (Lipinski definition) is 2. The highest BCUT2D eigenvalue weighted by molar-refractivity contribution is 9.10. The van der Waals surface area contributed by atoms with Gasteiger partial charge in [-0.25, -0.2) is 0 Å². The quantitative estimate of drug-likeness (QED) is 0.521. The molecule has 0 aliphatic carbocycles. The van der Waals surface area contributed by atoms with Gasteiger partial charge in [-0.1, -0.05) is 82.1 Å². The summed E-state index contributed by atoms with van der Waals surface area (Å²) in [4.78, 5) is 2.62. The van der Waals surface area contributed by atoms with Crippen LogP contribution in [0, 0.1) is 0 Å². The Hall–Kier alpha value is -1.32. The number of phenolic OH excluding ortho intramolecular Hbond substituents is 1. The van der Waals surface area contributed by atoms with Gasteiger partial charge in [-0.2, -0.15) is 0 Å². The second-order valence-electron chi connectivity index (χ2n) is 10.5. The van der Waals surface area contributed by atoms with Crippen molar-refractivity contribution >= 4 is 15.9 Å². The molecule has 0 aromatic heterocycles. The fraction of sp³-hybridized carbons (Fsp3) is 0.538. The van der Waals surface area contributed by atoms with Gasteiger partial charge in [0.15, 0.2) is 0 Å². The van der Waals surface area contributed by atoms with Crippen molar-refractivity contribution in [3.63, 3.8) is 0 Å². The fourth-order valence-electron chi connectivity index (χ4n) is 4.42. The first-order chi connectivity index (χ1) is 13.5. The molecule has 0 radical (unpaired) electrons. The number of likely N-dealkylation sites (tertiary alicyclic amines) is 1. The summed E-state index contributed by atoms with van der Waals surface area (Å²) in [5, 5.41) is 11.2. The number of piperidine rings is 1. The van der Waals surface area contributed by atoms with Crippen LogP contribution in [-0.4, -0.2) is 23.1 Å². The van der Waals surface area contributed by atoms with Crippen molar-refractivity contribution in [2.24, 2.45) is 0 Å². The normalized spacial score (nSPS) is 17.3. The Morgan fingerprint density at radius 1 is 0.862 bits per heavy atom. The Morgan fingerprint density at radius 3 is 1.86 bits per heavy atom. The van der Waals surface area contributed by atoms with Crippen molar-refractivity contribution < 1.29 is 5.11 Å². The van der Waals surface area contributed by atoms with E-state index in [4.69, 9.17) is 0 Å². The molecule has 1 unspecified atom stereocenters. The summed E-state index contributed by atoms with van der Waals surface area (Å²) in [5.41, 5.74) is 4.41. The summed E-state index contributed by atoms with van der Waals surface area (Å²) in [5.74, 6) is 0.457. The summed E-state index contributed by atoms with van der Waals surface area (Å²) < 4.78 is 1.15. The zero-order chi connectivity index (χ0) is 21.4. The third-order valence-electron chi connectivity index (χ3n) is 6.02. The maximum Gasteiger partial charge on any atom is 0.123 e. The van der Waals surface area contributed by atoms with Crippen molar-refractivity contribution in [1.82, 2.24) is 4.90 Å². The van der Waals surface area contributed by atoms with Gasteiger partial charge in [0, 0.05) is 4.47 Å². The lowest BCUT2D eigenvalue weighted by Gasteiger charge is -2.37. The van der Waals surface area contributed by atoms with Gasteiger partial charge < -0.3 is 5.11 Å². The van der Waals surface area contributed by atoms with Gasteiger partial charge >= 0.3 is 0 Å². The minimum Gasteiger partial charge on any atom is -0.507 e. The predicted octanol–water partition coefficient (Wildman–Crippen LogP) is 7.33. The second-order valence-corrected chi connectivity index (χ2v) is 11.3. The van der Waals surface area contributed by atoms with Crippen molar-refractivity contribution in [2.45, 2.75) is 77.7 Å². The first-order valence-electron chi connectivity index (χ1n) is 10.9. The van der Waals surface area contributed by atoms with Crippen LogP contribution in [0.5, 0.6) is 5.75 Å². The fourth-order valence-corrected chi connectivity index (χ4v) is 4.92. The van der Waals surface area contributed by atoms with E-state index in [-0.39, 0.29) is 16.9 Å². The van der Waals surface area contributed by atoms with Gasteiger partial charge in [-0.05, 0) is 77.2 Å². The Balaban J connectivity index is 2.26. The first kappa shape index (κ1) is 22.4. The smallest absolute Gasteiger partial charge is 0.123 e. The molecule has 1 N–H and O–H groups in total. The molecule has 1 aliphatic rings. The monoisotopic (exact) mass is 457 g/mol. The molecule has 29 heavy (non-hydrogen) atoms. The van der Waals surface area contributed by atoms with Crippen LogP contribution in [0.1, 0.15) is 89.1 Å². The average molecular weight is 458 g/mol. The van der Waals surface area contributed by atoms with Gasteiger partial charge in [0.25, 0.3) is 0 Å². The van der Waals surface area contributed by atoms with E-state index in [1.54, 1.807) is 0 Å². The summed E-state index contributed by atoms with van der Waals surface area (Å²) in [6.07, 6.45) is 3.81. The molecule has 1 heterocycles. The first-order valence-corrected chi connectivity index (χ1v) is 11.7. The van der Waals surface area contributed by atoms with Crippen LogP contribution in [0.4, 0.5) is 0 Å². The van der Waals surface area contributed by atoms with Crippen molar-refractivity contribution in [1.29, 1.82) is 0 Å². The van der Waals surface area contributed by atoms with E-state index in [0.717, 1.165) is 28.7 Å². The van der Waals surface area contributed by atoms with Gasteiger partial charge in [-0.15, -0.1) is 0 Å². The minimum atomic E-state index is -0.125. The molecule has 0 amide bonds. The van der Waals surface area contributed by atoms with E-state index in [2.05, 4.69) is 98.8 Å². The van der Waals surface area contributed by atoms with Crippen LogP contribution >= 0.6 is 15.9 Å². The van der Waals surface area contributed by atoms with Crippen LogP contribution in [0.15, 0.2) is 40.9 Å². The molecule has 3 rings (SSSR count). The molecule has 1 atom stereocenters. The minimum absolute atomic E-state index is 0.125. The van der Waals surface area contributed by atoms with Crippen molar-refractivity contribution in [3.8, 4) is 5.75 Å². The Morgan fingerprint density at radius 2 is 1.38 bits per heavy atom. The van der Waals surface area contributed by atoms with Crippen molar-refractivity contribution in [2.75, 3.05) is 13.1 Å². The number of aromatic hydroxyl groups is 1. The van der Waals surface area contributed by atoms with E-state index < -0.39 is 0 Å². The zero-order valence-electron chi connectivity index (χ0n) is 18.8. The van der Waals surface area contributed by atoms with E-state index in [0.29, 0.717) is 5.75 Å². The van der Waals surface area contributed by atoms with Crippen LogP contribution in [0.2, 0.25) is 0 Å². The van der Waals surface area contributed by atoms with Gasteiger partial charge in [0.2, 0.25) is 0 Å². The average Bonchev–Trinajstić information content (AvgIpc) is 2.63. The molecule has 2 nitrogen and oxygen atoms in total. The topological polar surface area (TPSA) is 23.5 Å². The van der Waals surface area contributed by atoms with Crippen LogP contribution < -0.4 is 0 Å². The molecule has 1 aliphatic heterocycles. The lowest BCUT2D eigenvalue weighted by molar-refractivity contribution is 0.186. The molecule has 158 valence electrons. The number of rotatable bonds is 3. The molecular formula is C26H36BrNO. The van der Waals surface area contributed by atoms with Crippen LogP contribution in [0.3, 0.4) is 0 Å². The maximum atomic E-state index is 11.2. The SMILES string of the molecule is CC(C)(C)c1cc(C(c2ccccc2Br)N2CCCCC2)cc(C(C)(C)C)c1O. The summed E-state index contributed by atoms with van der Waals surface area (Å²) >= 11 is 3.82. The third kappa shape index (κ3) is 4.88. The Bertz CT molecular complexity index is 819. The molecule has 0 saturated carbocycles. The Labute approximate surface area is 185 Å². The third-order valence-corrected chi connectivity index (χ3v) is 6.74. The molecule has 3 heteroatoms. The van der Waals surface area contributed by atoms with Gasteiger partial charge in [-0.3, -0.25) is 4.90 Å². The summed E-state index contributed by atoms with van der Waals surface area (Å²) in [7, 11) is 0. The number of halogens is 1. The van der Waals surface area contributed by atoms with Gasteiger partial charge in [0.05, 0.1) is 6.04 Å². The number of nitrogens with zero attached hydrogens (tertiary/aromatic N) is 1. The molecule has 1 saturated heterocycles. The number of hydrogen-bond donors (Lipinski definition) is 1. The highest BCUT2D eigenvalue weighted by Gasteiger charge is 2.31. The maximum absolute atomic E-state index is 11.2. The van der Waals surface area contributed by atoms with E-state index in [9.17, 15) is 5.11 Å². The Kier molecular flexibility index (Phi) is 6.50. The lowest BCUT2D eigenvalue weighted by Crippen LogP contribution is -2.35. The lowest BCUT2D eigenvalue weighted by atomic mass is 9.77. The molecule has 2 aromatic carbocycles. The molecule has 0 bridgehead atoms. The standard InChI is InChI=1S/C26H36BrNO/c1-25(2,3)20-16-18(17-21(24(20)29)26(4,5)6)23(28-14-10-7-11-15-28)19-12-8-9-13-22(19)27/h8-9,12-13,16-17,23,29H,7,10-11,14-15H2,1-6H3. The van der Waals surface area contributed by atoms with E-state index in [1.807, 2.05) is 0 Å². The molecule has 2 aromatic rings. The number of benzene rings is 2. The van der Waals surface area contributed by atoms with Gasteiger partial charge in [0.1, 0.15) is 5.75 Å². The zero-order valence-corrected chi connectivity index (χ0v) is 20.4. The molecule has 1 fully saturated rings.